The van der Waals surface area contributed by atoms with Crippen molar-refractivity contribution in [2.45, 2.75) is 18.2 Å². The zero-order valence-electron chi connectivity index (χ0n) is 7.69. The highest BCUT2D eigenvalue weighted by molar-refractivity contribution is 7.81. The molecule has 0 bridgehead atoms. The maximum absolute atomic E-state index is 4.48. The lowest BCUT2D eigenvalue weighted by molar-refractivity contribution is 0.332. The quantitative estimate of drug-likeness (QED) is 0.705. The molecule has 1 nitrogen and oxygen atoms in total. The van der Waals surface area contributed by atoms with E-state index < -0.39 is 0 Å². The summed E-state index contributed by atoms with van der Waals surface area (Å²) in [6.45, 7) is 3.42. The predicted molar refractivity (Wildman–Crippen MR) is 59.1 cm³/mol. The van der Waals surface area contributed by atoms with Gasteiger partial charge in [0.2, 0.25) is 0 Å². The molecular weight excluding hydrogens is 178 g/mol. The maximum atomic E-state index is 4.48. The van der Waals surface area contributed by atoms with Gasteiger partial charge in [-0.2, -0.15) is 12.6 Å². The average Bonchev–Trinajstić information content (AvgIpc) is 2.53. The Kier molecular flexibility index (Phi) is 2.91. The molecule has 0 aliphatic carbocycles. The van der Waals surface area contributed by atoms with E-state index in [-0.39, 0.29) is 0 Å². The van der Waals surface area contributed by atoms with Gasteiger partial charge in [-0.1, -0.05) is 30.3 Å². The molecule has 0 amide bonds. The highest BCUT2D eigenvalue weighted by atomic mass is 32.1. The summed E-state index contributed by atoms with van der Waals surface area (Å²) in [7, 11) is 0. The molecule has 0 N–H and O–H groups in total. The first-order chi connectivity index (χ1) is 6.34. The highest BCUT2D eigenvalue weighted by Gasteiger charge is 2.18. The van der Waals surface area contributed by atoms with E-state index >= 15 is 0 Å². The van der Waals surface area contributed by atoms with Crippen molar-refractivity contribution in [3.05, 3.63) is 35.9 Å². The number of hydrogen-bond donors (Lipinski definition) is 1. The summed E-state index contributed by atoms with van der Waals surface area (Å²) in [5, 5.41) is 0.587. The predicted octanol–water partition coefficient (Wildman–Crippen LogP) is 2.19. The van der Waals surface area contributed by atoms with Crippen molar-refractivity contribution in [1.29, 1.82) is 0 Å². The first-order valence-corrected chi connectivity index (χ1v) is 5.30. The van der Waals surface area contributed by atoms with Crippen LogP contribution in [0.15, 0.2) is 30.3 Å². The SMILES string of the molecule is S[C@@H]1CCN(Cc2ccccc2)C1. The van der Waals surface area contributed by atoms with E-state index in [0.29, 0.717) is 5.25 Å². The van der Waals surface area contributed by atoms with Gasteiger partial charge in [-0.3, -0.25) is 4.90 Å². The Hall–Kier alpha value is -0.470. The van der Waals surface area contributed by atoms with Crippen molar-refractivity contribution < 1.29 is 0 Å². The second kappa shape index (κ2) is 4.16. The third kappa shape index (κ3) is 2.48. The van der Waals surface area contributed by atoms with E-state index in [1.807, 2.05) is 0 Å². The Bertz CT molecular complexity index is 260. The largest absolute Gasteiger partial charge is 0.298 e. The average molecular weight is 193 g/mol. The molecule has 1 saturated heterocycles. The molecule has 13 heavy (non-hydrogen) atoms. The van der Waals surface area contributed by atoms with Crippen molar-refractivity contribution in [2.75, 3.05) is 13.1 Å². The van der Waals surface area contributed by atoms with Crippen molar-refractivity contribution in [3.63, 3.8) is 0 Å². The summed E-state index contributed by atoms with van der Waals surface area (Å²) in [6.07, 6.45) is 1.23. The van der Waals surface area contributed by atoms with Gasteiger partial charge in [0.25, 0.3) is 0 Å². The lowest BCUT2D eigenvalue weighted by atomic mass is 10.2. The first kappa shape index (κ1) is 9.10. The van der Waals surface area contributed by atoms with E-state index in [0.717, 1.165) is 13.1 Å². The molecule has 2 heteroatoms. The molecule has 0 spiro atoms. The lowest BCUT2D eigenvalue weighted by Gasteiger charge is -2.14. The fourth-order valence-corrected chi connectivity index (χ4v) is 2.14. The van der Waals surface area contributed by atoms with Crippen LogP contribution in [0.3, 0.4) is 0 Å². The molecule has 1 aliphatic rings. The molecule has 1 aromatic rings. The van der Waals surface area contributed by atoms with Crippen molar-refractivity contribution in [2.24, 2.45) is 0 Å². The number of nitrogens with zero attached hydrogens (tertiary/aromatic N) is 1. The second-order valence-electron chi connectivity index (χ2n) is 3.66. The van der Waals surface area contributed by atoms with Crippen molar-refractivity contribution >= 4 is 12.6 Å². The van der Waals surface area contributed by atoms with Gasteiger partial charge in [-0.25, -0.2) is 0 Å². The van der Waals surface area contributed by atoms with Crippen LogP contribution in [-0.4, -0.2) is 23.2 Å². The molecule has 2 rings (SSSR count). The topological polar surface area (TPSA) is 3.24 Å². The Morgan fingerprint density at radius 2 is 2.08 bits per heavy atom. The Labute approximate surface area is 85.2 Å². The zero-order chi connectivity index (χ0) is 9.10. The van der Waals surface area contributed by atoms with Crippen LogP contribution >= 0.6 is 12.6 Å². The van der Waals surface area contributed by atoms with Crippen LogP contribution in [0.25, 0.3) is 0 Å². The summed E-state index contributed by atoms with van der Waals surface area (Å²) < 4.78 is 0. The smallest absolute Gasteiger partial charge is 0.0234 e. The van der Waals surface area contributed by atoms with Crippen LogP contribution in [0.4, 0.5) is 0 Å². The molecule has 1 heterocycles. The number of thiol groups is 1. The van der Waals surface area contributed by atoms with Gasteiger partial charge >= 0.3 is 0 Å². The molecule has 0 unspecified atom stereocenters. The third-order valence-corrected chi connectivity index (χ3v) is 2.92. The number of benzene rings is 1. The minimum atomic E-state index is 0.587. The lowest BCUT2D eigenvalue weighted by Crippen LogP contribution is -2.20. The summed E-state index contributed by atoms with van der Waals surface area (Å²) in [5.41, 5.74) is 1.41. The molecule has 70 valence electrons. The second-order valence-corrected chi connectivity index (χ2v) is 4.39. The van der Waals surface area contributed by atoms with Crippen molar-refractivity contribution in [3.8, 4) is 0 Å². The maximum Gasteiger partial charge on any atom is 0.0234 e. The minimum Gasteiger partial charge on any atom is -0.298 e. The van der Waals surface area contributed by atoms with Gasteiger partial charge in [0, 0.05) is 18.3 Å². The fraction of sp³-hybridized carbons (Fsp3) is 0.455. The summed E-state index contributed by atoms with van der Waals surface area (Å²) in [6, 6.07) is 10.6. The monoisotopic (exact) mass is 193 g/mol. The molecule has 1 atom stereocenters. The van der Waals surface area contributed by atoms with E-state index in [4.69, 9.17) is 0 Å². The van der Waals surface area contributed by atoms with Gasteiger partial charge in [-0.05, 0) is 18.5 Å². The van der Waals surface area contributed by atoms with Crippen LogP contribution < -0.4 is 0 Å². The highest BCUT2D eigenvalue weighted by Crippen LogP contribution is 2.16. The molecule has 0 aromatic heterocycles. The molecule has 1 aromatic carbocycles. The van der Waals surface area contributed by atoms with E-state index in [2.05, 4.69) is 47.9 Å². The van der Waals surface area contributed by atoms with Gasteiger partial charge in [-0.15, -0.1) is 0 Å². The van der Waals surface area contributed by atoms with Crippen LogP contribution in [0, 0.1) is 0 Å². The van der Waals surface area contributed by atoms with Crippen LogP contribution in [0.2, 0.25) is 0 Å². The van der Waals surface area contributed by atoms with E-state index in [9.17, 15) is 0 Å². The normalized spacial score (nSPS) is 23.6. The molecular formula is C11H15NS. The molecule has 1 aliphatic heterocycles. The summed E-state index contributed by atoms with van der Waals surface area (Å²) >= 11 is 4.48. The Balaban J connectivity index is 1.92. The summed E-state index contributed by atoms with van der Waals surface area (Å²) in [5.74, 6) is 0. The van der Waals surface area contributed by atoms with E-state index in [1.54, 1.807) is 0 Å². The van der Waals surface area contributed by atoms with Gasteiger partial charge < -0.3 is 0 Å². The number of likely N-dealkylation sites (tertiary alicyclic amines) is 1. The van der Waals surface area contributed by atoms with E-state index in [1.165, 1.54) is 18.5 Å². The van der Waals surface area contributed by atoms with Gasteiger partial charge in [0.05, 0.1) is 0 Å². The Morgan fingerprint density at radius 3 is 2.69 bits per heavy atom. The first-order valence-electron chi connectivity index (χ1n) is 4.79. The minimum absolute atomic E-state index is 0.587. The number of hydrogen-bond acceptors (Lipinski definition) is 2. The van der Waals surface area contributed by atoms with Crippen LogP contribution in [0.1, 0.15) is 12.0 Å². The van der Waals surface area contributed by atoms with Gasteiger partial charge in [0.1, 0.15) is 0 Å². The zero-order valence-corrected chi connectivity index (χ0v) is 8.58. The third-order valence-electron chi connectivity index (χ3n) is 2.50. The van der Waals surface area contributed by atoms with Crippen molar-refractivity contribution in [1.82, 2.24) is 4.90 Å². The Morgan fingerprint density at radius 1 is 1.31 bits per heavy atom. The van der Waals surface area contributed by atoms with Gasteiger partial charge in [0.15, 0.2) is 0 Å². The fourth-order valence-electron chi connectivity index (χ4n) is 1.80. The van der Waals surface area contributed by atoms with Crippen LogP contribution in [-0.2, 0) is 6.54 Å². The van der Waals surface area contributed by atoms with Crippen LogP contribution in [0.5, 0.6) is 0 Å². The molecule has 0 radical (unpaired) electrons. The molecule has 0 saturated carbocycles. The summed E-state index contributed by atoms with van der Waals surface area (Å²) in [4.78, 5) is 2.47. The standard InChI is InChI=1S/C11H15NS/c13-11-6-7-12(9-11)8-10-4-2-1-3-5-10/h1-5,11,13H,6-9H2/t11-/m1/s1. The number of rotatable bonds is 2. The molecule has 1 fully saturated rings.